The molecule has 0 saturated carbocycles. The highest BCUT2D eigenvalue weighted by atomic mass is 35.5. The molecule has 1 heterocycles. The van der Waals surface area contributed by atoms with Gasteiger partial charge in [0.1, 0.15) is 0 Å². The summed E-state index contributed by atoms with van der Waals surface area (Å²) in [5, 5.41) is 8.85. The maximum Gasteiger partial charge on any atom is 0.239 e. The van der Waals surface area contributed by atoms with Gasteiger partial charge < -0.3 is 16.0 Å². The molecule has 1 rings (SSSR count). The van der Waals surface area contributed by atoms with Gasteiger partial charge in [0.25, 0.3) is 0 Å². The van der Waals surface area contributed by atoms with Gasteiger partial charge in [0, 0.05) is 13.0 Å². The van der Waals surface area contributed by atoms with Gasteiger partial charge in [-0.3, -0.25) is 9.59 Å². The number of carbonyl (C=O) groups excluding carboxylic acids is 2. The maximum atomic E-state index is 11.6. The van der Waals surface area contributed by atoms with E-state index in [9.17, 15) is 9.59 Å². The summed E-state index contributed by atoms with van der Waals surface area (Å²) in [6, 6.07) is 0. The van der Waals surface area contributed by atoms with E-state index in [0.29, 0.717) is 18.9 Å². The van der Waals surface area contributed by atoms with Crippen LogP contribution in [0, 0.1) is 11.3 Å². The maximum absolute atomic E-state index is 11.6. The molecule has 0 aromatic rings. The molecule has 6 heteroatoms. The third kappa shape index (κ3) is 9.15. The molecule has 1 fully saturated rings. The third-order valence-corrected chi connectivity index (χ3v) is 3.12. The fraction of sp³-hybridized carbons (Fsp3) is 0.857. The van der Waals surface area contributed by atoms with E-state index >= 15 is 0 Å². The smallest absolute Gasteiger partial charge is 0.239 e. The van der Waals surface area contributed by atoms with Crippen LogP contribution in [0.2, 0.25) is 0 Å². The fourth-order valence-electron chi connectivity index (χ4n) is 2.14. The molecule has 1 aliphatic rings. The number of hydrogen-bond acceptors (Lipinski definition) is 3. The number of halogens is 1. The highest BCUT2D eigenvalue weighted by Gasteiger charge is 2.17. The molecule has 0 spiro atoms. The summed E-state index contributed by atoms with van der Waals surface area (Å²) in [5.74, 6) is 0.345. The summed E-state index contributed by atoms with van der Waals surface area (Å²) in [4.78, 5) is 23.2. The van der Waals surface area contributed by atoms with Crippen LogP contribution in [0.4, 0.5) is 0 Å². The zero-order valence-electron chi connectivity index (χ0n) is 12.8. The van der Waals surface area contributed by atoms with E-state index in [1.165, 1.54) is 6.42 Å². The highest BCUT2D eigenvalue weighted by Crippen LogP contribution is 2.17. The van der Waals surface area contributed by atoms with Gasteiger partial charge in [-0.1, -0.05) is 20.8 Å². The molecule has 118 valence electrons. The Morgan fingerprint density at radius 1 is 1.20 bits per heavy atom. The minimum absolute atomic E-state index is 0. The SMILES string of the molecule is CC(C)(C)CC(=O)NCC(=O)NCC1CCCNC1.Cl. The van der Waals surface area contributed by atoms with Crippen LogP contribution in [0.1, 0.15) is 40.0 Å². The lowest BCUT2D eigenvalue weighted by molar-refractivity contribution is -0.127. The number of nitrogens with one attached hydrogen (secondary N) is 3. The Morgan fingerprint density at radius 3 is 2.45 bits per heavy atom. The van der Waals surface area contributed by atoms with Crippen molar-refractivity contribution in [2.75, 3.05) is 26.2 Å². The zero-order chi connectivity index (χ0) is 14.3. The van der Waals surface area contributed by atoms with Gasteiger partial charge in [-0.15, -0.1) is 12.4 Å². The zero-order valence-corrected chi connectivity index (χ0v) is 13.6. The molecule has 20 heavy (non-hydrogen) atoms. The summed E-state index contributed by atoms with van der Waals surface area (Å²) in [5.41, 5.74) is -0.0473. The molecule has 0 aromatic carbocycles. The molecule has 0 bridgehead atoms. The van der Waals surface area contributed by atoms with E-state index in [2.05, 4.69) is 16.0 Å². The predicted octanol–water partition coefficient (Wildman–Crippen LogP) is 1.08. The van der Waals surface area contributed by atoms with Gasteiger partial charge in [0.05, 0.1) is 6.54 Å². The van der Waals surface area contributed by atoms with Crippen molar-refractivity contribution >= 4 is 24.2 Å². The summed E-state index contributed by atoms with van der Waals surface area (Å²) >= 11 is 0. The van der Waals surface area contributed by atoms with Crippen LogP contribution in [-0.4, -0.2) is 38.0 Å². The van der Waals surface area contributed by atoms with Crippen LogP contribution in [0.15, 0.2) is 0 Å². The lowest BCUT2D eigenvalue weighted by Crippen LogP contribution is -2.42. The molecule has 1 aliphatic heterocycles. The van der Waals surface area contributed by atoms with Gasteiger partial charge in [0.2, 0.25) is 11.8 Å². The molecule has 2 amide bonds. The minimum atomic E-state index is -0.104. The van der Waals surface area contributed by atoms with E-state index in [1.54, 1.807) is 0 Å². The van der Waals surface area contributed by atoms with Crippen molar-refractivity contribution in [3.05, 3.63) is 0 Å². The third-order valence-electron chi connectivity index (χ3n) is 3.12. The second-order valence-corrected chi connectivity index (χ2v) is 6.53. The summed E-state index contributed by atoms with van der Waals surface area (Å²) in [6.07, 6.45) is 2.76. The first-order chi connectivity index (χ1) is 8.87. The van der Waals surface area contributed by atoms with Crippen molar-refractivity contribution in [3.63, 3.8) is 0 Å². The summed E-state index contributed by atoms with van der Waals surface area (Å²) in [7, 11) is 0. The van der Waals surface area contributed by atoms with E-state index in [0.717, 1.165) is 19.5 Å². The van der Waals surface area contributed by atoms with Crippen molar-refractivity contribution in [3.8, 4) is 0 Å². The number of rotatable bonds is 5. The van der Waals surface area contributed by atoms with Gasteiger partial charge in [-0.05, 0) is 37.3 Å². The lowest BCUT2D eigenvalue weighted by Gasteiger charge is -2.23. The van der Waals surface area contributed by atoms with Gasteiger partial charge in [0.15, 0.2) is 0 Å². The summed E-state index contributed by atoms with van der Waals surface area (Å²) in [6.45, 7) is 8.83. The van der Waals surface area contributed by atoms with Crippen molar-refractivity contribution in [2.24, 2.45) is 11.3 Å². The fourth-order valence-corrected chi connectivity index (χ4v) is 2.14. The van der Waals surface area contributed by atoms with Gasteiger partial charge in [-0.2, -0.15) is 0 Å². The van der Waals surface area contributed by atoms with E-state index in [4.69, 9.17) is 0 Å². The van der Waals surface area contributed by atoms with Crippen molar-refractivity contribution < 1.29 is 9.59 Å². The Balaban J connectivity index is 0.00000361. The topological polar surface area (TPSA) is 70.2 Å². The number of amides is 2. The number of piperidine rings is 1. The van der Waals surface area contributed by atoms with Crippen molar-refractivity contribution in [1.82, 2.24) is 16.0 Å². The minimum Gasteiger partial charge on any atom is -0.354 e. The molecular formula is C14H28ClN3O2. The monoisotopic (exact) mass is 305 g/mol. The van der Waals surface area contributed by atoms with Crippen molar-refractivity contribution in [2.45, 2.75) is 40.0 Å². The van der Waals surface area contributed by atoms with Gasteiger partial charge >= 0.3 is 0 Å². The largest absolute Gasteiger partial charge is 0.354 e. The Labute approximate surface area is 128 Å². The normalized spacial score (nSPS) is 18.9. The first kappa shape index (κ1) is 19.2. The lowest BCUT2D eigenvalue weighted by atomic mass is 9.92. The second-order valence-electron chi connectivity index (χ2n) is 6.53. The molecule has 0 aromatic heterocycles. The number of carbonyl (C=O) groups is 2. The quantitative estimate of drug-likeness (QED) is 0.712. The first-order valence-corrected chi connectivity index (χ1v) is 7.11. The molecule has 0 aliphatic carbocycles. The predicted molar refractivity (Wildman–Crippen MR) is 82.9 cm³/mol. The average Bonchev–Trinajstić information content (AvgIpc) is 2.33. The van der Waals surface area contributed by atoms with Crippen LogP contribution in [-0.2, 0) is 9.59 Å². The first-order valence-electron chi connectivity index (χ1n) is 7.11. The van der Waals surface area contributed by atoms with E-state index in [-0.39, 0.29) is 36.2 Å². The van der Waals surface area contributed by atoms with Crippen LogP contribution in [0.25, 0.3) is 0 Å². The Kier molecular flexibility index (Phi) is 8.81. The van der Waals surface area contributed by atoms with Crippen LogP contribution >= 0.6 is 12.4 Å². The molecular weight excluding hydrogens is 278 g/mol. The number of hydrogen-bond donors (Lipinski definition) is 3. The van der Waals surface area contributed by atoms with Gasteiger partial charge in [-0.25, -0.2) is 0 Å². The molecule has 1 saturated heterocycles. The molecule has 3 N–H and O–H groups in total. The van der Waals surface area contributed by atoms with E-state index in [1.807, 2.05) is 20.8 Å². The molecule has 1 unspecified atom stereocenters. The van der Waals surface area contributed by atoms with Crippen LogP contribution < -0.4 is 16.0 Å². The summed E-state index contributed by atoms with van der Waals surface area (Å²) < 4.78 is 0. The standard InChI is InChI=1S/C14H27N3O2.ClH/c1-14(2,3)7-12(18)17-10-13(19)16-9-11-5-4-6-15-8-11;/h11,15H,4-10H2,1-3H3,(H,16,19)(H,17,18);1H. The molecule has 1 atom stereocenters. The second kappa shape index (κ2) is 9.19. The Morgan fingerprint density at radius 2 is 1.90 bits per heavy atom. The van der Waals surface area contributed by atoms with Crippen LogP contribution in [0.3, 0.4) is 0 Å². The molecule has 5 nitrogen and oxygen atoms in total. The average molecular weight is 306 g/mol. The molecule has 0 radical (unpaired) electrons. The Bertz CT molecular complexity index is 310. The van der Waals surface area contributed by atoms with E-state index < -0.39 is 0 Å². The Hall–Kier alpha value is -0.810. The van der Waals surface area contributed by atoms with Crippen LogP contribution in [0.5, 0.6) is 0 Å². The highest BCUT2D eigenvalue weighted by molar-refractivity contribution is 5.85. The van der Waals surface area contributed by atoms with Crippen molar-refractivity contribution in [1.29, 1.82) is 0 Å².